The number of ether oxygens (including phenoxy) is 1. The quantitative estimate of drug-likeness (QED) is 0.880. The number of nitrogens with two attached hydrogens (primary N) is 1. The Morgan fingerprint density at radius 1 is 1.30 bits per heavy atom. The smallest absolute Gasteiger partial charge is 0.137 e. The van der Waals surface area contributed by atoms with E-state index in [1.807, 2.05) is 0 Å². The molecular formula is C14H13ClFNO2S. The van der Waals surface area contributed by atoms with E-state index in [1.54, 1.807) is 18.2 Å². The van der Waals surface area contributed by atoms with Gasteiger partial charge in [0.15, 0.2) is 0 Å². The van der Waals surface area contributed by atoms with Crippen molar-refractivity contribution in [2.75, 3.05) is 12.8 Å². The first-order chi connectivity index (χ1) is 9.51. The fourth-order valence-corrected chi connectivity index (χ4v) is 3.19. The Kier molecular flexibility index (Phi) is 4.62. The summed E-state index contributed by atoms with van der Waals surface area (Å²) >= 11 is 5.82. The molecule has 0 aliphatic heterocycles. The summed E-state index contributed by atoms with van der Waals surface area (Å²) in [6.07, 6.45) is 0. The second-order valence-electron chi connectivity index (χ2n) is 4.14. The van der Waals surface area contributed by atoms with E-state index in [1.165, 1.54) is 25.3 Å². The van der Waals surface area contributed by atoms with E-state index in [0.29, 0.717) is 26.9 Å². The van der Waals surface area contributed by atoms with Gasteiger partial charge in [0.25, 0.3) is 0 Å². The second kappa shape index (κ2) is 6.24. The summed E-state index contributed by atoms with van der Waals surface area (Å²) in [5, 5.41) is 0.405. The lowest BCUT2D eigenvalue weighted by Gasteiger charge is -2.10. The predicted octanol–water partition coefficient (Wildman–Crippen LogP) is 3.38. The molecule has 1 atom stereocenters. The summed E-state index contributed by atoms with van der Waals surface area (Å²) in [6.45, 7) is 0. The molecule has 0 saturated heterocycles. The highest BCUT2D eigenvalue weighted by atomic mass is 35.5. The fourth-order valence-electron chi connectivity index (χ4n) is 1.75. The van der Waals surface area contributed by atoms with E-state index in [9.17, 15) is 8.60 Å². The van der Waals surface area contributed by atoms with Gasteiger partial charge in [0.1, 0.15) is 11.6 Å². The first-order valence-electron chi connectivity index (χ1n) is 5.77. The largest absolute Gasteiger partial charge is 0.495 e. The lowest BCUT2D eigenvalue weighted by molar-refractivity contribution is 0.404. The van der Waals surface area contributed by atoms with Gasteiger partial charge in [-0.05, 0) is 30.3 Å². The number of halogens is 2. The van der Waals surface area contributed by atoms with Crippen LogP contribution in [0.25, 0.3) is 0 Å². The average Bonchev–Trinajstić information content (AvgIpc) is 2.42. The summed E-state index contributed by atoms with van der Waals surface area (Å²) < 4.78 is 31.1. The molecule has 0 aliphatic rings. The van der Waals surface area contributed by atoms with Crippen LogP contribution in [-0.4, -0.2) is 11.3 Å². The number of anilines is 1. The van der Waals surface area contributed by atoms with Crippen LogP contribution in [0.1, 0.15) is 5.56 Å². The Bertz CT molecular complexity index is 664. The highest BCUT2D eigenvalue weighted by molar-refractivity contribution is 7.84. The second-order valence-corrected chi connectivity index (χ2v) is 5.99. The van der Waals surface area contributed by atoms with Crippen LogP contribution in [-0.2, 0) is 16.6 Å². The van der Waals surface area contributed by atoms with Crippen LogP contribution in [0.15, 0.2) is 41.3 Å². The SMILES string of the molecule is COc1cc(N)ccc1S(=O)Cc1cc(Cl)ccc1F. The van der Waals surface area contributed by atoms with E-state index in [-0.39, 0.29) is 5.75 Å². The molecule has 2 aromatic carbocycles. The minimum Gasteiger partial charge on any atom is -0.495 e. The Labute approximate surface area is 124 Å². The number of hydrogen-bond acceptors (Lipinski definition) is 3. The van der Waals surface area contributed by atoms with E-state index in [4.69, 9.17) is 22.1 Å². The van der Waals surface area contributed by atoms with Crippen LogP contribution in [0, 0.1) is 5.82 Å². The number of benzene rings is 2. The summed E-state index contributed by atoms with van der Waals surface area (Å²) in [5.74, 6) is 0.00933. The maximum atomic E-state index is 13.6. The van der Waals surface area contributed by atoms with Gasteiger partial charge in [-0.25, -0.2) is 4.39 Å². The summed E-state index contributed by atoms with van der Waals surface area (Å²) in [5.41, 5.74) is 6.45. The molecule has 0 heterocycles. The van der Waals surface area contributed by atoms with Crippen LogP contribution < -0.4 is 10.5 Å². The average molecular weight is 314 g/mol. The lowest BCUT2D eigenvalue weighted by Crippen LogP contribution is -2.02. The molecule has 0 aliphatic carbocycles. The molecule has 2 rings (SSSR count). The van der Waals surface area contributed by atoms with Crippen molar-refractivity contribution in [2.24, 2.45) is 0 Å². The number of methoxy groups -OCH3 is 1. The number of hydrogen-bond donors (Lipinski definition) is 1. The van der Waals surface area contributed by atoms with E-state index < -0.39 is 16.6 Å². The first kappa shape index (κ1) is 14.8. The zero-order chi connectivity index (χ0) is 14.7. The van der Waals surface area contributed by atoms with Gasteiger partial charge in [-0.2, -0.15) is 0 Å². The summed E-state index contributed by atoms with van der Waals surface area (Å²) in [7, 11) is 0.0159. The van der Waals surface area contributed by atoms with Crippen molar-refractivity contribution in [3.05, 3.63) is 52.8 Å². The minimum atomic E-state index is -1.45. The molecule has 2 N–H and O–H groups in total. The Morgan fingerprint density at radius 3 is 2.75 bits per heavy atom. The van der Waals surface area contributed by atoms with Gasteiger partial charge in [-0.3, -0.25) is 4.21 Å². The molecular weight excluding hydrogens is 301 g/mol. The van der Waals surface area contributed by atoms with Crippen molar-refractivity contribution in [1.82, 2.24) is 0 Å². The standard InChI is InChI=1S/C14H13ClFNO2S/c1-19-13-7-11(17)3-5-14(13)20(18)8-9-6-10(15)2-4-12(9)16/h2-7H,8,17H2,1H3. The molecule has 0 amide bonds. The van der Waals surface area contributed by atoms with Gasteiger partial charge in [-0.15, -0.1) is 0 Å². The van der Waals surface area contributed by atoms with Gasteiger partial charge < -0.3 is 10.5 Å². The molecule has 2 aromatic rings. The molecule has 6 heteroatoms. The van der Waals surface area contributed by atoms with Crippen molar-refractivity contribution in [3.63, 3.8) is 0 Å². The predicted molar refractivity (Wildman–Crippen MR) is 78.9 cm³/mol. The van der Waals surface area contributed by atoms with Crippen LogP contribution in [0.2, 0.25) is 5.02 Å². The van der Waals surface area contributed by atoms with Crippen LogP contribution in [0.4, 0.5) is 10.1 Å². The fraction of sp³-hybridized carbons (Fsp3) is 0.143. The lowest BCUT2D eigenvalue weighted by atomic mass is 10.2. The maximum absolute atomic E-state index is 13.6. The molecule has 0 bridgehead atoms. The molecule has 0 aromatic heterocycles. The van der Waals surface area contributed by atoms with Gasteiger partial charge in [0.2, 0.25) is 0 Å². The molecule has 0 radical (unpaired) electrons. The number of nitrogen functional groups attached to an aromatic ring is 1. The Morgan fingerprint density at radius 2 is 2.05 bits per heavy atom. The van der Waals surface area contributed by atoms with Crippen molar-refractivity contribution in [2.45, 2.75) is 10.6 Å². The highest BCUT2D eigenvalue weighted by Crippen LogP contribution is 2.27. The van der Waals surface area contributed by atoms with E-state index in [0.717, 1.165) is 0 Å². The normalized spacial score (nSPS) is 12.2. The Balaban J connectivity index is 2.30. The van der Waals surface area contributed by atoms with Crippen LogP contribution in [0.5, 0.6) is 5.75 Å². The summed E-state index contributed by atoms with van der Waals surface area (Å²) in [4.78, 5) is 0.473. The Hall–Kier alpha value is -1.59. The molecule has 0 fully saturated rings. The summed E-state index contributed by atoms with van der Waals surface area (Å²) in [6, 6.07) is 9.01. The third-order valence-corrected chi connectivity index (χ3v) is 4.36. The van der Waals surface area contributed by atoms with Crippen molar-refractivity contribution in [3.8, 4) is 5.75 Å². The van der Waals surface area contributed by atoms with Gasteiger partial charge in [0, 0.05) is 22.3 Å². The van der Waals surface area contributed by atoms with Gasteiger partial charge in [0.05, 0.1) is 28.6 Å². The van der Waals surface area contributed by atoms with Gasteiger partial charge >= 0.3 is 0 Å². The zero-order valence-electron chi connectivity index (χ0n) is 10.7. The van der Waals surface area contributed by atoms with Crippen molar-refractivity contribution < 1.29 is 13.3 Å². The topological polar surface area (TPSA) is 52.3 Å². The molecule has 0 spiro atoms. The van der Waals surface area contributed by atoms with Crippen LogP contribution >= 0.6 is 11.6 Å². The number of rotatable bonds is 4. The zero-order valence-corrected chi connectivity index (χ0v) is 12.3. The third kappa shape index (κ3) is 3.29. The molecule has 3 nitrogen and oxygen atoms in total. The van der Waals surface area contributed by atoms with Gasteiger partial charge in [-0.1, -0.05) is 11.6 Å². The minimum absolute atomic E-state index is 0.0205. The van der Waals surface area contributed by atoms with E-state index in [2.05, 4.69) is 0 Å². The highest BCUT2D eigenvalue weighted by Gasteiger charge is 2.14. The van der Waals surface area contributed by atoms with Crippen molar-refractivity contribution in [1.29, 1.82) is 0 Å². The molecule has 0 saturated carbocycles. The van der Waals surface area contributed by atoms with Crippen molar-refractivity contribution >= 4 is 28.1 Å². The maximum Gasteiger partial charge on any atom is 0.137 e. The molecule has 20 heavy (non-hydrogen) atoms. The first-order valence-corrected chi connectivity index (χ1v) is 7.46. The third-order valence-electron chi connectivity index (χ3n) is 2.73. The molecule has 106 valence electrons. The van der Waals surface area contributed by atoms with Crippen LogP contribution in [0.3, 0.4) is 0 Å². The monoisotopic (exact) mass is 313 g/mol. The van der Waals surface area contributed by atoms with E-state index >= 15 is 0 Å². The molecule has 1 unspecified atom stereocenters.